The number of amides is 1. The van der Waals surface area contributed by atoms with Crippen LogP contribution in [0.15, 0.2) is 54.6 Å². The largest absolute Gasteiger partial charge is 0.494 e. The Morgan fingerprint density at radius 2 is 1.78 bits per heavy atom. The molecule has 23 heavy (non-hydrogen) atoms. The maximum absolute atomic E-state index is 12.3. The van der Waals surface area contributed by atoms with Crippen LogP contribution >= 0.6 is 0 Å². The van der Waals surface area contributed by atoms with E-state index in [0.717, 1.165) is 17.0 Å². The Morgan fingerprint density at radius 3 is 2.39 bits per heavy atom. The van der Waals surface area contributed by atoms with Crippen molar-refractivity contribution < 1.29 is 9.53 Å². The molecule has 1 N–H and O–H groups in total. The van der Waals surface area contributed by atoms with E-state index in [-0.39, 0.29) is 11.9 Å². The van der Waals surface area contributed by atoms with Gasteiger partial charge in [0.2, 0.25) is 5.91 Å². The molecule has 1 unspecified atom stereocenters. The summed E-state index contributed by atoms with van der Waals surface area (Å²) in [5, 5.41) is 2.93. The molecule has 0 aromatic heterocycles. The zero-order valence-corrected chi connectivity index (χ0v) is 14.0. The number of rotatable bonds is 7. The molecule has 0 fully saturated rings. The Morgan fingerprint density at radius 1 is 1.13 bits per heavy atom. The summed E-state index contributed by atoms with van der Waals surface area (Å²) in [6.45, 7) is 5.24. The summed E-state index contributed by atoms with van der Waals surface area (Å²) in [5.41, 5.74) is 1.97. The van der Waals surface area contributed by atoms with Gasteiger partial charge in [0.15, 0.2) is 0 Å². The smallest absolute Gasteiger partial charge is 0.241 e. The van der Waals surface area contributed by atoms with Gasteiger partial charge in [0.25, 0.3) is 0 Å². The van der Waals surface area contributed by atoms with Crippen LogP contribution in [-0.2, 0) is 11.3 Å². The SMILES string of the molecule is CCOc1ccc(CN(C)C(C)C(=O)Nc2ccccc2)cc1. The average Bonchev–Trinajstić information content (AvgIpc) is 2.57. The lowest BCUT2D eigenvalue weighted by atomic mass is 10.1. The molecule has 0 saturated heterocycles. The molecule has 4 nitrogen and oxygen atoms in total. The van der Waals surface area contributed by atoms with Crippen molar-refractivity contribution in [1.29, 1.82) is 0 Å². The molecule has 0 aliphatic rings. The van der Waals surface area contributed by atoms with E-state index in [1.807, 2.05) is 80.4 Å². The number of ether oxygens (including phenoxy) is 1. The number of hydrogen-bond donors (Lipinski definition) is 1. The molecule has 0 spiro atoms. The van der Waals surface area contributed by atoms with Crippen LogP contribution < -0.4 is 10.1 Å². The molecule has 0 heterocycles. The van der Waals surface area contributed by atoms with Crippen molar-refractivity contribution >= 4 is 11.6 Å². The fourth-order valence-corrected chi connectivity index (χ4v) is 2.25. The quantitative estimate of drug-likeness (QED) is 0.850. The van der Waals surface area contributed by atoms with Crippen LogP contribution in [0.3, 0.4) is 0 Å². The van der Waals surface area contributed by atoms with Gasteiger partial charge in [0.05, 0.1) is 12.6 Å². The van der Waals surface area contributed by atoms with Gasteiger partial charge in [0, 0.05) is 12.2 Å². The second-order valence-electron chi connectivity index (χ2n) is 5.52. The van der Waals surface area contributed by atoms with Gasteiger partial charge in [-0.15, -0.1) is 0 Å². The van der Waals surface area contributed by atoms with Gasteiger partial charge >= 0.3 is 0 Å². The van der Waals surface area contributed by atoms with E-state index in [0.29, 0.717) is 13.2 Å². The van der Waals surface area contributed by atoms with E-state index >= 15 is 0 Å². The van der Waals surface area contributed by atoms with E-state index in [2.05, 4.69) is 5.32 Å². The van der Waals surface area contributed by atoms with Gasteiger partial charge in [-0.2, -0.15) is 0 Å². The monoisotopic (exact) mass is 312 g/mol. The predicted octanol–water partition coefficient (Wildman–Crippen LogP) is 3.54. The van der Waals surface area contributed by atoms with Gasteiger partial charge in [-0.1, -0.05) is 30.3 Å². The van der Waals surface area contributed by atoms with E-state index < -0.39 is 0 Å². The topological polar surface area (TPSA) is 41.6 Å². The maximum Gasteiger partial charge on any atom is 0.241 e. The van der Waals surface area contributed by atoms with E-state index in [1.165, 1.54) is 0 Å². The minimum Gasteiger partial charge on any atom is -0.494 e. The van der Waals surface area contributed by atoms with E-state index in [4.69, 9.17) is 4.74 Å². The molecule has 0 bridgehead atoms. The second kappa shape index (κ2) is 8.34. The van der Waals surface area contributed by atoms with Crippen molar-refractivity contribution in [3.05, 3.63) is 60.2 Å². The number of likely N-dealkylation sites (N-methyl/N-ethyl adjacent to an activating group) is 1. The van der Waals surface area contributed by atoms with Gasteiger partial charge in [0.1, 0.15) is 5.75 Å². The predicted molar refractivity (Wildman–Crippen MR) is 93.6 cm³/mol. The molecule has 0 saturated carbocycles. The number of carbonyl (C=O) groups is 1. The minimum absolute atomic E-state index is 0.00960. The molecule has 0 aliphatic heterocycles. The molecule has 122 valence electrons. The third kappa shape index (κ3) is 5.11. The number of benzene rings is 2. The van der Waals surface area contributed by atoms with E-state index in [1.54, 1.807) is 0 Å². The van der Waals surface area contributed by atoms with Crippen LogP contribution in [0, 0.1) is 0 Å². The van der Waals surface area contributed by atoms with Crippen molar-refractivity contribution in [2.45, 2.75) is 26.4 Å². The van der Waals surface area contributed by atoms with Crippen molar-refractivity contribution in [3.8, 4) is 5.75 Å². The Balaban J connectivity index is 1.91. The van der Waals surface area contributed by atoms with Gasteiger partial charge in [-0.25, -0.2) is 0 Å². The molecule has 4 heteroatoms. The van der Waals surface area contributed by atoms with Crippen LogP contribution in [0.4, 0.5) is 5.69 Å². The maximum atomic E-state index is 12.3. The number of anilines is 1. The lowest BCUT2D eigenvalue weighted by Gasteiger charge is -2.24. The summed E-state index contributed by atoms with van der Waals surface area (Å²) < 4.78 is 5.44. The minimum atomic E-state index is -0.221. The highest BCUT2D eigenvalue weighted by Gasteiger charge is 2.18. The highest BCUT2D eigenvalue weighted by atomic mass is 16.5. The number of nitrogens with one attached hydrogen (secondary N) is 1. The fraction of sp³-hybridized carbons (Fsp3) is 0.316. The Kier molecular flexibility index (Phi) is 6.18. The third-order valence-electron chi connectivity index (χ3n) is 3.75. The van der Waals surface area contributed by atoms with Gasteiger partial charge < -0.3 is 10.1 Å². The first kappa shape index (κ1) is 17.0. The van der Waals surface area contributed by atoms with Crippen LogP contribution in [0.2, 0.25) is 0 Å². The number of carbonyl (C=O) groups excluding carboxylic acids is 1. The van der Waals surface area contributed by atoms with Gasteiger partial charge in [-0.3, -0.25) is 9.69 Å². The standard InChI is InChI=1S/C19H24N2O2/c1-4-23-18-12-10-16(11-13-18)14-21(3)15(2)19(22)20-17-8-6-5-7-9-17/h5-13,15H,4,14H2,1-3H3,(H,20,22). The van der Waals surface area contributed by atoms with Crippen LogP contribution in [-0.4, -0.2) is 30.5 Å². The Labute approximate surface area is 138 Å². The Hall–Kier alpha value is -2.33. The number of hydrogen-bond acceptors (Lipinski definition) is 3. The number of para-hydroxylation sites is 1. The van der Waals surface area contributed by atoms with E-state index in [9.17, 15) is 4.79 Å². The summed E-state index contributed by atoms with van der Waals surface area (Å²) in [6, 6.07) is 17.3. The van der Waals surface area contributed by atoms with Crippen LogP contribution in [0.25, 0.3) is 0 Å². The first-order valence-electron chi connectivity index (χ1n) is 7.88. The molecule has 2 rings (SSSR count). The molecule has 2 aromatic rings. The molecule has 0 radical (unpaired) electrons. The highest BCUT2D eigenvalue weighted by molar-refractivity contribution is 5.94. The summed E-state index contributed by atoms with van der Waals surface area (Å²) in [7, 11) is 1.95. The summed E-state index contributed by atoms with van der Waals surface area (Å²) in [4.78, 5) is 14.3. The first-order valence-corrected chi connectivity index (χ1v) is 7.88. The summed E-state index contributed by atoms with van der Waals surface area (Å²) in [5.74, 6) is 0.860. The molecular weight excluding hydrogens is 288 g/mol. The van der Waals surface area contributed by atoms with Crippen molar-refractivity contribution in [2.24, 2.45) is 0 Å². The number of nitrogens with zero attached hydrogens (tertiary/aromatic N) is 1. The Bertz CT molecular complexity index is 611. The van der Waals surface area contributed by atoms with Crippen LogP contribution in [0.5, 0.6) is 5.75 Å². The van der Waals surface area contributed by atoms with Crippen LogP contribution in [0.1, 0.15) is 19.4 Å². The normalized spacial score (nSPS) is 12.0. The fourth-order valence-electron chi connectivity index (χ4n) is 2.25. The van der Waals surface area contributed by atoms with Crippen molar-refractivity contribution in [3.63, 3.8) is 0 Å². The summed E-state index contributed by atoms with van der Waals surface area (Å²) >= 11 is 0. The lowest BCUT2D eigenvalue weighted by Crippen LogP contribution is -2.39. The zero-order chi connectivity index (χ0) is 16.7. The second-order valence-corrected chi connectivity index (χ2v) is 5.52. The highest BCUT2D eigenvalue weighted by Crippen LogP contribution is 2.15. The summed E-state index contributed by atoms with van der Waals surface area (Å²) in [6.07, 6.45) is 0. The first-order chi connectivity index (χ1) is 11.1. The lowest BCUT2D eigenvalue weighted by molar-refractivity contribution is -0.120. The third-order valence-corrected chi connectivity index (χ3v) is 3.75. The molecule has 2 aromatic carbocycles. The zero-order valence-electron chi connectivity index (χ0n) is 14.0. The molecule has 0 aliphatic carbocycles. The van der Waals surface area contributed by atoms with Crippen molar-refractivity contribution in [2.75, 3.05) is 19.0 Å². The molecule has 1 atom stereocenters. The van der Waals surface area contributed by atoms with Gasteiger partial charge in [-0.05, 0) is 50.7 Å². The molecular formula is C19H24N2O2. The molecule has 1 amide bonds. The van der Waals surface area contributed by atoms with Crippen molar-refractivity contribution in [1.82, 2.24) is 4.90 Å². The average molecular weight is 312 g/mol.